The highest BCUT2D eigenvalue weighted by Crippen LogP contribution is 2.28. The van der Waals surface area contributed by atoms with Crippen LogP contribution in [0, 0.1) is 11.3 Å². The smallest absolute Gasteiger partial charge is 0.396 e. The van der Waals surface area contributed by atoms with Gasteiger partial charge in [-0.2, -0.15) is 5.26 Å². The van der Waals surface area contributed by atoms with Gasteiger partial charge in [-0.25, -0.2) is 4.98 Å². The Morgan fingerprint density at radius 2 is 2.19 bits per heavy atom. The van der Waals surface area contributed by atoms with E-state index >= 15 is 0 Å². The van der Waals surface area contributed by atoms with Gasteiger partial charge in [-0.15, -0.1) is 13.2 Å². The molecule has 0 saturated carbocycles. The molecule has 0 spiro atoms. The second-order valence-corrected chi connectivity index (χ2v) is 2.69. The highest BCUT2D eigenvalue weighted by atomic mass is 19.4. The quantitative estimate of drug-likeness (QED) is 0.792. The summed E-state index contributed by atoms with van der Waals surface area (Å²) in [6.07, 6.45) is -4.08. The van der Waals surface area contributed by atoms with Crippen LogP contribution in [0.4, 0.5) is 18.9 Å². The molecule has 0 fully saturated rings. The number of anilines is 1. The van der Waals surface area contributed by atoms with Gasteiger partial charge in [0.25, 0.3) is 0 Å². The lowest BCUT2D eigenvalue weighted by Crippen LogP contribution is -2.19. The first-order valence-corrected chi connectivity index (χ1v) is 3.93. The van der Waals surface area contributed by atoms with Crippen molar-refractivity contribution in [1.29, 1.82) is 5.26 Å². The van der Waals surface area contributed by atoms with Gasteiger partial charge in [-0.05, 0) is 0 Å². The fraction of sp³-hybridized carbons (Fsp3) is 0.250. The Kier molecular flexibility index (Phi) is 3.20. The predicted octanol–water partition coefficient (Wildman–Crippen LogP) is 0.926. The number of ether oxygens (including phenoxy) is 1. The molecule has 0 amide bonds. The number of alkyl halides is 3. The molecule has 0 bridgehead atoms. The number of aliphatic hydroxyl groups excluding tert-OH is 1. The Morgan fingerprint density at radius 1 is 1.56 bits per heavy atom. The third kappa shape index (κ3) is 2.52. The van der Waals surface area contributed by atoms with Crippen LogP contribution in [0.15, 0.2) is 6.20 Å². The van der Waals surface area contributed by atoms with Crippen molar-refractivity contribution in [2.75, 3.05) is 5.73 Å². The van der Waals surface area contributed by atoms with Crippen LogP contribution in [-0.2, 0) is 6.61 Å². The van der Waals surface area contributed by atoms with Gasteiger partial charge in [-0.1, -0.05) is 0 Å². The van der Waals surface area contributed by atoms with Crippen molar-refractivity contribution < 1.29 is 23.0 Å². The van der Waals surface area contributed by atoms with E-state index in [1.54, 1.807) is 6.07 Å². The SMILES string of the molecule is N#Cc1c(N)cnc(OC(F)(F)F)c1CO. The van der Waals surface area contributed by atoms with E-state index in [-0.39, 0.29) is 16.8 Å². The van der Waals surface area contributed by atoms with E-state index in [0.717, 1.165) is 6.20 Å². The molecule has 0 aliphatic heterocycles. The van der Waals surface area contributed by atoms with Gasteiger partial charge in [0.05, 0.1) is 29.6 Å². The van der Waals surface area contributed by atoms with Gasteiger partial charge in [0.15, 0.2) is 0 Å². The van der Waals surface area contributed by atoms with Gasteiger partial charge >= 0.3 is 6.36 Å². The zero-order valence-electron chi connectivity index (χ0n) is 7.75. The van der Waals surface area contributed by atoms with Crippen molar-refractivity contribution >= 4 is 5.69 Å². The predicted molar refractivity (Wildman–Crippen MR) is 46.0 cm³/mol. The van der Waals surface area contributed by atoms with Crippen molar-refractivity contribution in [3.63, 3.8) is 0 Å². The number of nitrogens with two attached hydrogens (primary N) is 1. The monoisotopic (exact) mass is 233 g/mol. The fourth-order valence-corrected chi connectivity index (χ4v) is 1.03. The summed E-state index contributed by atoms with van der Waals surface area (Å²) in [6, 6.07) is 1.57. The Bertz CT molecular complexity index is 439. The maximum absolute atomic E-state index is 11.9. The summed E-state index contributed by atoms with van der Waals surface area (Å²) in [5, 5.41) is 17.5. The van der Waals surface area contributed by atoms with Crippen LogP contribution < -0.4 is 10.5 Å². The number of nitrogens with zero attached hydrogens (tertiary/aromatic N) is 2. The lowest BCUT2D eigenvalue weighted by Gasteiger charge is -2.12. The summed E-state index contributed by atoms with van der Waals surface area (Å²) < 4.78 is 39.4. The molecule has 0 aliphatic rings. The van der Waals surface area contributed by atoms with E-state index < -0.39 is 18.8 Å². The van der Waals surface area contributed by atoms with E-state index in [9.17, 15) is 13.2 Å². The average molecular weight is 233 g/mol. The maximum Gasteiger partial charge on any atom is 0.574 e. The van der Waals surface area contributed by atoms with Crippen molar-refractivity contribution in [2.24, 2.45) is 0 Å². The van der Waals surface area contributed by atoms with Gasteiger partial charge in [0.1, 0.15) is 6.07 Å². The van der Waals surface area contributed by atoms with E-state index in [1.807, 2.05) is 0 Å². The summed E-state index contributed by atoms with van der Waals surface area (Å²) in [5.41, 5.74) is 4.51. The molecule has 5 nitrogen and oxygen atoms in total. The first kappa shape index (κ1) is 12.1. The second-order valence-electron chi connectivity index (χ2n) is 2.69. The normalized spacial score (nSPS) is 10.9. The molecule has 86 valence electrons. The zero-order chi connectivity index (χ0) is 12.3. The number of pyridine rings is 1. The van der Waals surface area contributed by atoms with Crippen LogP contribution in [0.5, 0.6) is 5.88 Å². The molecule has 0 aliphatic carbocycles. The summed E-state index contributed by atoms with van der Waals surface area (Å²) >= 11 is 0. The Morgan fingerprint density at radius 3 is 2.62 bits per heavy atom. The molecule has 16 heavy (non-hydrogen) atoms. The minimum absolute atomic E-state index is 0.124. The molecule has 0 unspecified atom stereocenters. The molecule has 0 radical (unpaired) electrons. The summed E-state index contributed by atoms with van der Waals surface area (Å²) in [6.45, 7) is -0.827. The molecule has 0 saturated heterocycles. The van der Waals surface area contributed by atoms with Gasteiger partial charge in [0, 0.05) is 0 Å². The molecule has 0 aromatic carbocycles. The Balaban J connectivity index is 3.26. The van der Waals surface area contributed by atoms with E-state index in [4.69, 9.17) is 16.1 Å². The van der Waals surface area contributed by atoms with Crippen molar-refractivity contribution in [2.45, 2.75) is 13.0 Å². The number of nitrogen functional groups attached to an aromatic ring is 1. The summed E-state index contributed by atoms with van der Waals surface area (Å²) in [4.78, 5) is 3.26. The van der Waals surface area contributed by atoms with Crippen LogP contribution in [0.1, 0.15) is 11.1 Å². The van der Waals surface area contributed by atoms with E-state index in [0.29, 0.717) is 0 Å². The first-order valence-electron chi connectivity index (χ1n) is 3.93. The number of rotatable bonds is 2. The summed E-state index contributed by atoms with van der Waals surface area (Å²) in [7, 11) is 0. The number of hydrogen-bond acceptors (Lipinski definition) is 5. The molecule has 1 aromatic rings. The third-order valence-electron chi connectivity index (χ3n) is 1.65. The van der Waals surface area contributed by atoms with Crippen LogP contribution in [0.2, 0.25) is 0 Å². The lowest BCUT2D eigenvalue weighted by atomic mass is 10.1. The van der Waals surface area contributed by atoms with E-state index in [2.05, 4.69) is 9.72 Å². The zero-order valence-corrected chi connectivity index (χ0v) is 7.75. The molecular weight excluding hydrogens is 227 g/mol. The number of aromatic nitrogens is 1. The molecule has 1 rings (SSSR count). The van der Waals surface area contributed by atoms with E-state index in [1.165, 1.54) is 0 Å². The maximum atomic E-state index is 11.9. The number of hydrogen-bond donors (Lipinski definition) is 2. The fourth-order valence-electron chi connectivity index (χ4n) is 1.03. The molecular formula is C8H6F3N3O2. The van der Waals surface area contributed by atoms with Crippen molar-refractivity contribution in [1.82, 2.24) is 4.98 Å². The van der Waals surface area contributed by atoms with Crippen molar-refractivity contribution in [3.8, 4) is 11.9 Å². The first-order chi connectivity index (χ1) is 7.39. The van der Waals surface area contributed by atoms with Crippen LogP contribution in [-0.4, -0.2) is 16.5 Å². The topological polar surface area (TPSA) is 92.2 Å². The number of halogens is 3. The molecule has 3 N–H and O–H groups in total. The number of aliphatic hydroxyl groups is 1. The third-order valence-corrected chi connectivity index (χ3v) is 1.65. The second kappa shape index (κ2) is 4.24. The average Bonchev–Trinajstić information content (AvgIpc) is 2.18. The van der Waals surface area contributed by atoms with Gasteiger partial charge in [0.2, 0.25) is 5.88 Å². The molecule has 8 heteroatoms. The minimum atomic E-state index is -4.94. The molecule has 0 atom stereocenters. The Labute approximate surface area is 87.9 Å². The highest BCUT2D eigenvalue weighted by Gasteiger charge is 2.33. The minimum Gasteiger partial charge on any atom is -0.396 e. The highest BCUT2D eigenvalue weighted by molar-refractivity contribution is 5.59. The summed E-state index contributed by atoms with van der Waals surface area (Å²) in [5.74, 6) is -0.874. The Hall–Kier alpha value is -2.01. The van der Waals surface area contributed by atoms with Crippen molar-refractivity contribution in [3.05, 3.63) is 17.3 Å². The van der Waals surface area contributed by atoms with Gasteiger partial charge in [-0.3, -0.25) is 0 Å². The molecule has 1 aromatic heterocycles. The largest absolute Gasteiger partial charge is 0.574 e. The standard InChI is InChI=1S/C8H6F3N3O2/c9-8(10,11)16-7-5(3-15)4(1-12)6(13)2-14-7/h2,15H,3,13H2. The van der Waals surface area contributed by atoms with Crippen LogP contribution in [0.25, 0.3) is 0 Å². The van der Waals surface area contributed by atoms with Crippen LogP contribution >= 0.6 is 0 Å². The molecule has 1 heterocycles. The van der Waals surface area contributed by atoms with Crippen LogP contribution in [0.3, 0.4) is 0 Å². The number of nitriles is 1. The van der Waals surface area contributed by atoms with Gasteiger partial charge < -0.3 is 15.6 Å². The lowest BCUT2D eigenvalue weighted by molar-refractivity contribution is -0.276.